The number of amides is 3. The second kappa shape index (κ2) is 16.1. The van der Waals surface area contributed by atoms with Crippen LogP contribution in [0.5, 0.6) is 0 Å². The summed E-state index contributed by atoms with van der Waals surface area (Å²) in [6.45, 7) is 5.92. The van der Waals surface area contributed by atoms with Crippen LogP contribution in [0.4, 0.5) is 29.1 Å². The second-order valence-electron chi connectivity index (χ2n) is 15.9. The van der Waals surface area contributed by atoms with E-state index < -0.39 is 29.6 Å². The minimum Gasteiger partial charge on any atom is -0.352 e. The third-order valence-electron chi connectivity index (χ3n) is 11.8. The third kappa shape index (κ3) is 8.82. The molecule has 4 aromatic rings. The molecule has 4 fully saturated rings. The average Bonchev–Trinajstić information content (AvgIpc) is 3.81. The van der Waals surface area contributed by atoms with E-state index in [0.29, 0.717) is 44.0 Å². The number of hydrogen-bond acceptors (Lipinski definition) is 10. The van der Waals surface area contributed by atoms with Gasteiger partial charge in [0.15, 0.2) is 11.3 Å². The standard InChI is InChI=1S/C39H47F4N11O3/c40-27-17-28(44)22-52(21-27)33-11-12-53-36(47-33)31(18-45-53)38(57)46-32-23-54(49-35(32)39(41,42)43)29-7-3-25(4-8-29)20-51-15-13-50(14-16-51)19-24-1-5-26(6-2-24)30-9-10-34(55)48-37(30)56/h1-2,5-6,11-12,18,23,25,27-30H,3-4,7-10,13-17,19-22,44H2,(H,46,57)(H,48,55,56)/t25?,27-,28-,29?,30?/m1/s1. The number of rotatable bonds is 9. The van der Waals surface area contributed by atoms with Crippen molar-refractivity contribution >= 4 is 34.9 Å². The molecule has 3 aromatic heterocycles. The van der Waals surface area contributed by atoms with Crippen molar-refractivity contribution in [2.24, 2.45) is 11.7 Å². The molecule has 4 aliphatic rings. The number of hydrogen-bond donors (Lipinski definition) is 3. The molecule has 57 heavy (non-hydrogen) atoms. The minimum absolute atomic E-state index is 0.0298. The van der Waals surface area contributed by atoms with E-state index in [1.165, 1.54) is 27.2 Å². The fraction of sp³-hybridized carbons (Fsp3) is 0.538. The maximum Gasteiger partial charge on any atom is 0.437 e. The Hall–Kier alpha value is -4.94. The Balaban J connectivity index is 0.835. The summed E-state index contributed by atoms with van der Waals surface area (Å²) in [5, 5.41) is 12.9. The average molecular weight is 794 g/mol. The van der Waals surface area contributed by atoms with Crippen molar-refractivity contribution in [2.75, 3.05) is 56.0 Å². The number of piperazine rings is 1. The summed E-state index contributed by atoms with van der Waals surface area (Å²) in [5.74, 6) is -0.736. The summed E-state index contributed by atoms with van der Waals surface area (Å²) in [5.41, 5.74) is 6.59. The molecule has 304 valence electrons. The van der Waals surface area contributed by atoms with Crippen LogP contribution in [0.15, 0.2) is 48.9 Å². The van der Waals surface area contributed by atoms with Crippen LogP contribution in [-0.2, 0) is 22.3 Å². The van der Waals surface area contributed by atoms with Crippen molar-refractivity contribution in [3.63, 3.8) is 0 Å². The van der Waals surface area contributed by atoms with Crippen LogP contribution in [0.2, 0.25) is 0 Å². The number of aromatic nitrogens is 5. The number of carbonyl (C=O) groups is 3. The van der Waals surface area contributed by atoms with E-state index >= 15 is 0 Å². The molecule has 18 heteroatoms. The number of imide groups is 1. The van der Waals surface area contributed by atoms with Gasteiger partial charge in [0, 0.05) is 70.7 Å². The number of carbonyl (C=O) groups excluding carboxylic acids is 3. The zero-order chi connectivity index (χ0) is 39.8. The molecule has 8 rings (SSSR count). The van der Waals surface area contributed by atoms with Gasteiger partial charge in [0.25, 0.3) is 5.91 Å². The lowest BCUT2D eigenvalue weighted by Crippen LogP contribution is -2.48. The first-order chi connectivity index (χ1) is 27.4. The number of piperidine rings is 2. The zero-order valence-corrected chi connectivity index (χ0v) is 31.5. The van der Waals surface area contributed by atoms with E-state index in [9.17, 15) is 31.9 Å². The summed E-state index contributed by atoms with van der Waals surface area (Å²) >= 11 is 0. The van der Waals surface area contributed by atoms with Crippen LogP contribution < -0.4 is 21.3 Å². The molecule has 3 saturated heterocycles. The predicted octanol–water partition coefficient (Wildman–Crippen LogP) is 4.14. The van der Waals surface area contributed by atoms with E-state index in [2.05, 4.69) is 47.7 Å². The molecule has 1 saturated carbocycles. The summed E-state index contributed by atoms with van der Waals surface area (Å²) in [6.07, 6.45) is 2.33. The molecule has 14 nitrogen and oxygen atoms in total. The number of alkyl halides is 4. The van der Waals surface area contributed by atoms with Gasteiger partial charge in [0.2, 0.25) is 11.8 Å². The van der Waals surface area contributed by atoms with Gasteiger partial charge in [-0.3, -0.25) is 29.3 Å². The molecule has 3 amide bonds. The largest absolute Gasteiger partial charge is 0.437 e. The fourth-order valence-electron chi connectivity index (χ4n) is 8.74. The van der Waals surface area contributed by atoms with Gasteiger partial charge in [-0.15, -0.1) is 0 Å². The summed E-state index contributed by atoms with van der Waals surface area (Å²) in [4.78, 5) is 48.3. The number of anilines is 2. The molecule has 1 aromatic carbocycles. The van der Waals surface area contributed by atoms with Gasteiger partial charge in [-0.1, -0.05) is 24.3 Å². The van der Waals surface area contributed by atoms with Gasteiger partial charge in [0.1, 0.15) is 17.6 Å². The predicted molar refractivity (Wildman–Crippen MR) is 202 cm³/mol. The van der Waals surface area contributed by atoms with Gasteiger partial charge in [-0.2, -0.15) is 23.4 Å². The fourth-order valence-corrected chi connectivity index (χ4v) is 8.74. The number of fused-ring (bicyclic) bond motifs is 1. The smallest absolute Gasteiger partial charge is 0.352 e. The molecule has 0 bridgehead atoms. The van der Waals surface area contributed by atoms with Crippen molar-refractivity contribution in [3.8, 4) is 0 Å². The molecule has 6 heterocycles. The number of benzene rings is 1. The third-order valence-corrected chi connectivity index (χ3v) is 11.8. The number of nitrogens with zero attached hydrogens (tertiary/aromatic N) is 8. The first-order valence-electron chi connectivity index (χ1n) is 19.7. The molecular weight excluding hydrogens is 746 g/mol. The molecule has 0 radical (unpaired) electrons. The monoisotopic (exact) mass is 793 g/mol. The van der Waals surface area contributed by atoms with Crippen LogP contribution in [-0.4, -0.2) is 110 Å². The summed E-state index contributed by atoms with van der Waals surface area (Å²) in [7, 11) is 0. The Morgan fingerprint density at radius 3 is 2.40 bits per heavy atom. The molecule has 3 atom stereocenters. The second-order valence-corrected chi connectivity index (χ2v) is 15.9. The maximum absolute atomic E-state index is 14.2. The Morgan fingerprint density at radius 2 is 1.70 bits per heavy atom. The molecule has 4 N–H and O–H groups in total. The Morgan fingerprint density at radius 1 is 0.965 bits per heavy atom. The SMILES string of the molecule is N[C@@H]1C[C@@H](F)CN(c2ccn3ncc(C(=O)Nc4cn(C5CCC(CN6CCN(Cc7ccc(C8CCC(=O)NC8=O)cc7)CC6)CC5)nc4C(F)(F)F)c3n2)C1. The van der Waals surface area contributed by atoms with Crippen LogP contribution in [0.25, 0.3) is 5.65 Å². The van der Waals surface area contributed by atoms with Crippen LogP contribution in [0.3, 0.4) is 0 Å². The molecule has 3 aliphatic heterocycles. The minimum atomic E-state index is -4.80. The lowest BCUT2D eigenvalue weighted by atomic mass is 9.85. The van der Waals surface area contributed by atoms with E-state index in [-0.39, 0.29) is 54.0 Å². The highest BCUT2D eigenvalue weighted by atomic mass is 19.4. The molecule has 1 unspecified atom stereocenters. The van der Waals surface area contributed by atoms with Gasteiger partial charge in [-0.25, -0.2) is 13.9 Å². The highest BCUT2D eigenvalue weighted by Crippen LogP contribution is 2.38. The van der Waals surface area contributed by atoms with Crippen molar-refractivity contribution in [1.29, 1.82) is 0 Å². The summed E-state index contributed by atoms with van der Waals surface area (Å²) < 4.78 is 59.7. The first-order valence-corrected chi connectivity index (χ1v) is 19.7. The number of halogens is 4. The number of nitrogens with two attached hydrogens (primary N) is 1. The van der Waals surface area contributed by atoms with Crippen molar-refractivity contribution < 1.29 is 31.9 Å². The lowest BCUT2D eigenvalue weighted by molar-refractivity contribution is -0.141. The normalized spacial score (nSPS) is 25.5. The van der Waals surface area contributed by atoms with Crippen LogP contribution in [0, 0.1) is 5.92 Å². The van der Waals surface area contributed by atoms with E-state index in [1.54, 1.807) is 17.2 Å². The Kier molecular flexibility index (Phi) is 11.0. The topological polar surface area (TPSA) is 159 Å². The van der Waals surface area contributed by atoms with Crippen LogP contribution >= 0.6 is 0 Å². The zero-order valence-electron chi connectivity index (χ0n) is 31.5. The van der Waals surface area contributed by atoms with Gasteiger partial charge in [0.05, 0.1) is 30.4 Å². The quantitative estimate of drug-likeness (QED) is 0.166. The van der Waals surface area contributed by atoms with E-state index in [0.717, 1.165) is 57.7 Å². The van der Waals surface area contributed by atoms with Gasteiger partial charge < -0.3 is 20.9 Å². The molecular formula is C39H47F4N11O3. The Bertz CT molecular complexity index is 2080. The van der Waals surface area contributed by atoms with Gasteiger partial charge in [-0.05, 0) is 61.6 Å². The van der Waals surface area contributed by atoms with Crippen molar-refractivity contribution in [3.05, 3.63) is 71.3 Å². The molecule has 0 spiro atoms. The van der Waals surface area contributed by atoms with Crippen molar-refractivity contribution in [2.45, 2.75) is 81.8 Å². The summed E-state index contributed by atoms with van der Waals surface area (Å²) in [6, 6.07) is 9.11. The highest BCUT2D eigenvalue weighted by molar-refractivity contribution is 6.08. The van der Waals surface area contributed by atoms with E-state index in [4.69, 9.17) is 5.73 Å². The molecule has 1 aliphatic carbocycles. The lowest BCUT2D eigenvalue weighted by Gasteiger charge is -2.38. The van der Waals surface area contributed by atoms with Gasteiger partial charge >= 0.3 is 6.18 Å². The van der Waals surface area contributed by atoms with Crippen molar-refractivity contribution in [1.82, 2.24) is 39.5 Å². The number of nitrogens with one attached hydrogen (secondary N) is 2. The highest BCUT2D eigenvalue weighted by Gasteiger charge is 2.39. The van der Waals surface area contributed by atoms with E-state index in [1.807, 2.05) is 12.1 Å². The van der Waals surface area contributed by atoms with Crippen LogP contribution in [0.1, 0.15) is 84.1 Å². The first kappa shape index (κ1) is 38.9. The Labute approximate surface area is 326 Å². The maximum atomic E-state index is 14.2.